The fourth-order valence-electron chi connectivity index (χ4n) is 2.58. The van der Waals surface area contributed by atoms with Gasteiger partial charge in [0.1, 0.15) is 0 Å². The first-order chi connectivity index (χ1) is 7.47. The van der Waals surface area contributed by atoms with Gasteiger partial charge >= 0.3 is 0 Å². The molecule has 0 N–H and O–H groups in total. The Labute approximate surface area is 93.7 Å². The first-order valence-corrected chi connectivity index (χ1v) is 6.53. The molecule has 2 aliphatic rings. The van der Waals surface area contributed by atoms with E-state index < -0.39 is 0 Å². The lowest BCUT2D eigenvalue weighted by atomic mass is 10.0. The molecule has 1 saturated carbocycles. The number of rotatable bonds is 0. The monoisotopic (exact) mass is 202 g/mol. The van der Waals surface area contributed by atoms with E-state index in [1.54, 1.807) is 11.1 Å². The van der Waals surface area contributed by atoms with Gasteiger partial charge in [-0.05, 0) is 30.4 Å². The van der Waals surface area contributed by atoms with Crippen molar-refractivity contribution in [1.29, 1.82) is 0 Å². The third-order valence-electron chi connectivity index (χ3n) is 3.51. The Hall–Kier alpha value is -0.780. The van der Waals surface area contributed by atoms with Crippen LogP contribution in [0.25, 0.3) is 0 Å². The lowest BCUT2D eigenvalue weighted by molar-refractivity contribution is 0.504. The van der Waals surface area contributed by atoms with Gasteiger partial charge in [0, 0.05) is 0 Å². The standard InChI is InChI=1S/C9H10.C6H12/c1-2-5-9-7-3-6-8(9)4-1;1-2-4-6-5-3-1/h1-2,4-5H,3,6-7H2;1-6H2. The van der Waals surface area contributed by atoms with Crippen LogP contribution in [0.15, 0.2) is 24.3 Å². The van der Waals surface area contributed by atoms with Crippen molar-refractivity contribution in [2.75, 3.05) is 0 Å². The van der Waals surface area contributed by atoms with Crippen LogP contribution in [0.3, 0.4) is 0 Å². The van der Waals surface area contributed by atoms with Crippen LogP contribution in [-0.4, -0.2) is 0 Å². The summed E-state index contributed by atoms with van der Waals surface area (Å²) in [5.74, 6) is 0. The van der Waals surface area contributed by atoms with Crippen molar-refractivity contribution in [3.8, 4) is 0 Å². The zero-order valence-electron chi connectivity index (χ0n) is 9.67. The number of hydrogen-bond acceptors (Lipinski definition) is 0. The molecule has 0 heteroatoms. The lowest BCUT2D eigenvalue weighted by Gasteiger charge is -2.05. The molecule has 0 aliphatic heterocycles. The molecule has 0 nitrogen and oxygen atoms in total. The Bertz CT molecular complexity index is 249. The van der Waals surface area contributed by atoms with Gasteiger partial charge < -0.3 is 0 Å². The third kappa shape index (κ3) is 3.37. The van der Waals surface area contributed by atoms with E-state index in [2.05, 4.69) is 24.3 Å². The van der Waals surface area contributed by atoms with Gasteiger partial charge in [0.25, 0.3) is 0 Å². The van der Waals surface area contributed by atoms with Gasteiger partial charge in [0.05, 0.1) is 0 Å². The Morgan fingerprint density at radius 1 is 0.533 bits per heavy atom. The molecule has 0 heterocycles. The van der Waals surface area contributed by atoms with Gasteiger partial charge in [-0.25, -0.2) is 0 Å². The van der Waals surface area contributed by atoms with Gasteiger partial charge in [-0.15, -0.1) is 0 Å². The molecule has 0 amide bonds. The maximum atomic E-state index is 2.24. The van der Waals surface area contributed by atoms with E-state index in [0.29, 0.717) is 0 Å². The highest BCUT2D eigenvalue weighted by molar-refractivity contribution is 5.30. The van der Waals surface area contributed by atoms with E-state index in [1.165, 1.54) is 57.8 Å². The molecular weight excluding hydrogens is 180 g/mol. The summed E-state index contributed by atoms with van der Waals surface area (Å²) in [5, 5.41) is 0. The summed E-state index contributed by atoms with van der Waals surface area (Å²) in [4.78, 5) is 0. The molecule has 1 aromatic rings. The number of hydrogen-bond donors (Lipinski definition) is 0. The predicted molar refractivity (Wildman–Crippen MR) is 66.2 cm³/mol. The minimum Gasteiger partial charge on any atom is -0.0620 e. The second-order valence-electron chi connectivity index (χ2n) is 4.74. The molecule has 0 spiro atoms. The second kappa shape index (κ2) is 5.95. The second-order valence-corrected chi connectivity index (χ2v) is 4.74. The lowest BCUT2D eigenvalue weighted by Crippen LogP contribution is -1.85. The fourth-order valence-corrected chi connectivity index (χ4v) is 2.58. The highest BCUT2D eigenvalue weighted by atomic mass is 14.1. The Kier molecular flexibility index (Phi) is 4.25. The van der Waals surface area contributed by atoms with Crippen LogP contribution >= 0.6 is 0 Å². The highest BCUT2D eigenvalue weighted by Crippen LogP contribution is 2.20. The SMILES string of the molecule is C1CCCCC1.c1ccc2c(c1)CCC2. The van der Waals surface area contributed by atoms with Crippen molar-refractivity contribution in [1.82, 2.24) is 0 Å². The average Bonchev–Trinajstić information content (AvgIpc) is 2.80. The van der Waals surface area contributed by atoms with Crippen molar-refractivity contribution in [2.45, 2.75) is 57.8 Å². The van der Waals surface area contributed by atoms with Crippen LogP contribution in [-0.2, 0) is 12.8 Å². The molecule has 2 aliphatic carbocycles. The van der Waals surface area contributed by atoms with Gasteiger partial charge in [0.15, 0.2) is 0 Å². The minimum absolute atomic E-state index is 1.30. The Morgan fingerprint density at radius 3 is 1.33 bits per heavy atom. The van der Waals surface area contributed by atoms with Crippen LogP contribution < -0.4 is 0 Å². The summed E-state index contributed by atoms with van der Waals surface area (Å²) in [6, 6.07) is 8.74. The molecule has 0 saturated heterocycles. The maximum Gasteiger partial charge on any atom is -0.0273 e. The minimum atomic E-state index is 1.30. The quantitative estimate of drug-likeness (QED) is 0.580. The van der Waals surface area contributed by atoms with Crippen molar-refractivity contribution in [2.24, 2.45) is 0 Å². The molecule has 1 aromatic carbocycles. The molecule has 1 fully saturated rings. The molecule has 3 rings (SSSR count). The summed E-state index contributed by atoms with van der Waals surface area (Å²) in [7, 11) is 0. The van der Waals surface area contributed by atoms with E-state index in [1.807, 2.05) is 0 Å². The van der Waals surface area contributed by atoms with Crippen molar-refractivity contribution in [3.05, 3.63) is 35.4 Å². The van der Waals surface area contributed by atoms with E-state index in [0.717, 1.165) is 0 Å². The molecule has 82 valence electrons. The predicted octanol–water partition coefficient (Wildman–Crippen LogP) is 4.52. The van der Waals surface area contributed by atoms with Crippen molar-refractivity contribution in [3.63, 3.8) is 0 Å². The molecule has 0 bridgehead atoms. The van der Waals surface area contributed by atoms with E-state index in [9.17, 15) is 0 Å². The largest absolute Gasteiger partial charge is 0.0620 e. The summed E-state index contributed by atoms with van der Waals surface area (Å²) in [5.41, 5.74) is 3.13. The number of benzene rings is 1. The Balaban J connectivity index is 0.000000124. The molecule has 0 unspecified atom stereocenters. The average molecular weight is 202 g/mol. The first-order valence-electron chi connectivity index (χ1n) is 6.53. The first kappa shape index (κ1) is 10.7. The smallest absolute Gasteiger partial charge is 0.0273 e. The van der Waals surface area contributed by atoms with Crippen molar-refractivity contribution >= 4 is 0 Å². The summed E-state index contributed by atoms with van der Waals surface area (Å²) in [6.07, 6.45) is 13.0. The van der Waals surface area contributed by atoms with E-state index in [4.69, 9.17) is 0 Å². The number of fused-ring (bicyclic) bond motifs is 1. The zero-order chi connectivity index (χ0) is 10.3. The van der Waals surface area contributed by atoms with Crippen LogP contribution in [0.4, 0.5) is 0 Å². The van der Waals surface area contributed by atoms with E-state index >= 15 is 0 Å². The summed E-state index contributed by atoms with van der Waals surface area (Å²) in [6.45, 7) is 0. The number of aryl methyl sites for hydroxylation is 2. The van der Waals surface area contributed by atoms with Crippen molar-refractivity contribution < 1.29 is 0 Å². The topological polar surface area (TPSA) is 0 Å². The highest BCUT2D eigenvalue weighted by Gasteiger charge is 2.07. The van der Waals surface area contributed by atoms with Gasteiger partial charge in [-0.2, -0.15) is 0 Å². The third-order valence-corrected chi connectivity index (χ3v) is 3.51. The van der Waals surface area contributed by atoms with Crippen LogP contribution in [0.1, 0.15) is 56.1 Å². The van der Waals surface area contributed by atoms with E-state index in [-0.39, 0.29) is 0 Å². The summed E-state index contributed by atoms with van der Waals surface area (Å²) < 4.78 is 0. The van der Waals surface area contributed by atoms with Gasteiger partial charge in [0.2, 0.25) is 0 Å². The molecule has 0 aromatic heterocycles. The molecule has 0 atom stereocenters. The van der Waals surface area contributed by atoms with Gasteiger partial charge in [-0.3, -0.25) is 0 Å². The molecule has 15 heavy (non-hydrogen) atoms. The summed E-state index contributed by atoms with van der Waals surface area (Å²) >= 11 is 0. The maximum absolute atomic E-state index is 2.24. The normalized spacial score (nSPS) is 18.9. The van der Waals surface area contributed by atoms with Crippen LogP contribution in [0.2, 0.25) is 0 Å². The van der Waals surface area contributed by atoms with Crippen LogP contribution in [0.5, 0.6) is 0 Å². The molecule has 0 radical (unpaired) electrons. The van der Waals surface area contributed by atoms with Gasteiger partial charge in [-0.1, -0.05) is 62.8 Å². The van der Waals surface area contributed by atoms with Crippen LogP contribution in [0, 0.1) is 0 Å². The molecular formula is C15H22. The fraction of sp³-hybridized carbons (Fsp3) is 0.600. The zero-order valence-corrected chi connectivity index (χ0v) is 9.67. The Morgan fingerprint density at radius 2 is 0.933 bits per heavy atom.